The van der Waals surface area contributed by atoms with Gasteiger partial charge in [-0.25, -0.2) is 4.98 Å². The number of ether oxygens (including phenoxy) is 3. The number of hydrogen-bond donors (Lipinski definition) is 2. The summed E-state index contributed by atoms with van der Waals surface area (Å²) in [5.41, 5.74) is 1.63. The number of amides is 1. The van der Waals surface area contributed by atoms with E-state index < -0.39 is 11.9 Å². The van der Waals surface area contributed by atoms with Crippen molar-refractivity contribution in [1.29, 1.82) is 0 Å². The number of carboxylic acids is 1. The number of carboxylic acid groups (broad SMARTS) is 1. The van der Waals surface area contributed by atoms with Crippen LogP contribution in [0, 0.1) is 36.5 Å². The number of nitrogens with zero attached hydrogens (tertiary/aromatic N) is 1. The summed E-state index contributed by atoms with van der Waals surface area (Å²) < 4.78 is 21.5. The van der Waals surface area contributed by atoms with Gasteiger partial charge in [-0.1, -0.05) is 12.5 Å². The number of oxazole rings is 1. The van der Waals surface area contributed by atoms with Gasteiger partial charge in [0.15, 0.2) is 0 Å². The van der Waals surface area contributed by atoms with Crippen molar-refractivity contribution >= 4 is 23.8 Å². The number of aromatic nitrogens is 1. The highest BCUT2D eigenvalue weighted by Gasteiger charge is 2.50. The Labute approximate surface area is 244 Å². The van der Waals surface area contributed by atoms with E-state index in [0.717, 1.165) is 61.3 Å². The van der Waals surface area contributed by atoms with Crippen LogP contribution in [0.25, 0.3) is 11.5 Å². The van der Waals surface area contributed by atoms with Crippen LogP contribution in [-0.2, 0) is 35.3 Å². The molecule has 0 radical (unpaired) electrons. The van der Waals surface area contributed by atoms with Crippen LogP contribution >= 0.6 is 0 Å². The van der Waals surface area contributed by atoms with E-state index in [9.17, 15) is 24.3 Å². The average Bonchev–Trinajstić information content (AvgIpc) is 3.36. The molecule has 2 heterocycles. The molecule has 1 aliphatic heterocycles. The van der Waals surface area contributed by atoms with Gasteiger partial charge in [0.05, 0.1) is 37.4 Å². The minimum Gasteiger partial charge on any atom is -0.497 e. The van der Waals surface area contributed by atoms with Crippen molar-refractivity contribution in [2.24, 2.45) is 29.6 Å². The predicted molar refractivity (Wildman–Crippen MR) is 148 cm³/mol. The van der Waals surface area contributed by atoms with Crippen LogP contribution < -0.4 is 10.1 Å². The second-order valence-corrected chi connectivity index (χ2v) is 11.7. The molecule has 2 aromatic rings. The number of benzene rings is 1. The lowest BCUT2D eigenvalue weighted by atomic mass is 9.73. The Hall–Kier alpha value is -3.73. The number of carbonyl (C=O) groups excluding carboxylic acids is 3. The summed E-state index contributed by atoms with van der Waals surface area (Å²) in [5.74, 6) is -0.272. The smallest absolute Gasteiger partial charge is 0.317 e. The molecule has 226 valence electrons. The molecule has 1 aromatic carbocycles. The number of hydrogen-bond acceptors (Lipinski definition) is 9. The lowest BCUT2D eigenvalue weighted by molar-refractivity contribution is -0.153. The molecule has 2 N–H and O–H groups in total. The first-order valence-corrected chi connectivity index (χ1v) is 14.7. The summed E-state index contributed by atoms with van der Waals surface area (Å²) in [6.45, 7) is 2.84. The SMILES string of the molecule is COc1cccc(-c2nc(COCC3CCCC(NC(=O)C4CCC4C(=O)O)C3)c(C)o2)c1.O=C1OC(=O)C2CCC12. The molecule has 3 saturated carbocycles. The summed E-state index contributed by atoms with van der Waals surface area (Å²) in [6, 6.07) is 7.67. The summed E-state index contributed by atoms with van der Waals surface area (Å²) in [7, 11) is 1.63. The number of aryl methyl sites for hydroxylation is 1. The highest BCUT2D eigenvalue weighted by Crippen LogP contribution is 2.40. The lowest BCUT2D eigenvalue weighted by Gasteiger charge is -2.35. The van der Waals surface area contributed by atoms with Crippen LogP contribution in [-0.4, -0.2) is 53.7 Å². The zero-order chi connectivity index (χ0) is 29.8. The van der Waals surface area contributed by atoms with Crippen molar-refractivity contribution in [3.63, 3.8) is 0 Å². The van der Waals surface area contributed by atoms with Crippen molar-refractivity contribution in [3.05, 3.63) is 35.7 Å². The van der Waals surface area contributed by atoms with Gasteiger partial charge in [0, 0.05) is 18.2 Å². The number of fused-ring (bicyclic) bond motifs is 1. The Bertz CT molecular complexity index is 1300. The maximum absolute atomic E-state index is 12.5. The highest BCUT2D eigenvalue weighted by atomic mass is 16.6. The van der Waals surface area contributed by atoms with Gasteiger partial charge in [0.1, 0.15) is 17.2 Å². The van der Waals surface area contributed by atoms with E-state index in [-0.39, 0.29) is 41.6 Å². The average molecular weight is 583 g/mol. The van der Waals surface area contributed by atoms with Crippen molar-refractivity contribution in [2.75, 3.05) is 13.7 Å². The minimum absolute atomic E-state index is 0.0718. The van der Waals surface area contributed by atoms with Crippen molar-refractivity contribution in [1.82, 2.24) is 10.3 Å². The molecule has 0 bridgehead atoms. The Morgan fingerprint density at radius 1 is 1.05 bits per heavy atom. The quantitative estimate of drug-likeness (QED) is 0.327. The molecule has 6 atom stereocenters. The molecule has 42 heavy (non-hydrogen) atoms. The largest absolute Gasteiger partial charge is 0.497 e. The van der Waals surface area contributed by atoms with Crippen LogP contribution in [0.3, 0.4) is 0 Å². The van der Waals surface area contributed by atoms with Gasteiger partial charge >= 0.3 is 17.9 Å². The van der Waals surface area contributed by atoms with Gasteiger partial charge in [0.2, 0.25) is 11.8 Å². The first-order chi connectivity index (χ1) is 20.2. The molecule has 11 nitrogen and oxygen atoms in total. The van der Waals surface area contributed by atoms with E-state index in [1.807, 2.05) is 31.2 Å². The van der Waals surface area contributed by atoms with Crippen molar-refractivity contribution in [2.45, 2.75) is 70.9 Å². The number of rotatable bonds is 9. The summed E-state index contributed by atoms with van der Waals surface area (Å²) >= 11 is 0. The molecule has 1 saturated heterocycles. The second kappa shape index (κ2) is 13.1. The Morgan fingerprint density at radius 3 is 2.40 bits per heavy atom. The molecule has 0 spiro atoms. The number of carbonyl (C=O) groups is 4. The van der Waals surface area contributed by atoms with Crippen LogP contribution in [0.2, 0.25) is 0 Å². The number of nitrogens with one attached hydrogen (secondary N) is 1. The molecule has 1 amide bonds. The molecular weight excluding hydrogens is 544 g/mol. The van der Waals surface area contributed by atoms with Crippen LogP contribution in [0.1, 0.15) is 62.8 Å². The second-order valence-electron chi connectivity index (χ2n) is 11.7. The molecule has 3 aliphatic carbocycles. The van der Waals surface area contributed by atoms with Gasteiger partial charge in [-0.15, -0.1) is 0 Å². The third kappa shape index (κ3) is 6.67. The molecule has 6 rings (SSSR count). The molecule has 1 aromatic heterocycles. The number of cyclic esters (lactones) is 2. The van der Waals surface area contributed by atoms with Crippen molar-refractivity contribution < 1.29 is 42.9 Å². The van der Waals surface area contributed by atoms with Gasteiger partial charge < -0.3 is 29.1 Å². The number of methoxy groups -OCH3 is 1. The maximum Gasteiger partial charge on any atom is 0.317 e. The zero-order valence-corrected chi connectivity index (χ0v) is 24.0. The van der Waals surface area contributed by atoms with Gasteiger partial charge in [-0.2, -0.15) is 0 Å². The summed E-state index contributed by atoms with van der Waals surface area (Å²) in [4.78, 5) is 49.5. The van der Waals surface area contributed by atoms with E-state index in [1.54, 1.807) is 7.11 Å². The number of esters is 2. The normalized spacial score (nSPS) is 27.9. The molecule has 6 unspecified atom stereocenters. The third-order valence-corrected chi connectivity index (χ3v) is 8.94. The first kappa shape index (κ1) is 29.8. The van der Waals surface area contributed by atoms with Gasteiger partial charge in [-0.3, -0.25) is 19.2 Å². The Kier molecular flexibility index (Phi) is 9.25. The fourth-order valence-corrected chi connectivity index (χ4v) is 6.07. The summed E-state index contributed by atoms with van der Waals surface area (Å²) in [6.07, 6.45) is 6.80. The molecular formula is C31H38N2O9. The van der Waals surface area contributed by atoms with Gasteiger partial charge in [-0.05, 0) is 76.0 Å². The topological polar surface area (TPSA) is 154 Å². The highest BCUT2D eigenvalue weighted by molar-refractivity contribution is 5.97. The van der Waals surface area contributed by atoms with E-state index in [1.165, 1.54) is 0 Å². The van der Waals surface area contributed by atoms with E-state index >= 15 is 0 Å². The third-order valence-electron chi connectivity index (χ3n) is 8.94. The van der Waals surface area contributed by atoms with Crippen LogP contribution in [0.5, 0.6) is 5.75 Å². The van der Waals surface area contributed by atoms with Crippen LogP contribution in [0.4, 0.5) is 0 Å². The van der Waals surface area contributed by atoms with Gasteiger partial charge in [0.25, 0.3) is 0 Å². The fraction of sp³-hybridized carbons (Fsp3) is 0.581. The van der Waals surface area contributed by atoms with E-state index in [4.69, 9.17) is 13.9 Å². The molecule has 4 fully saturated rings. The zero-order valence-electron chi connectivity index (χ0n) is 24.0. The Morgan fingerprint density at radius 2 is 1.79 bits per heavy atom. The minimum atomic E-state index is -0.867. The van der Waals surface area contributed by atoms with Crippen molar-refractivity contribution in [3.8, 4) is 17.2 Å². The number of aliphatic carboxylic acids is 1. The monoisotopic (exact) mass is 582 g/mol. The predicted octanol–water partition coefficient (Wildman–Crippen LogP) is 4.06. The van der Waals surface area contributed by atoms with E-state index in [0.29, 0.717) is 37.9 Å². The lowest BCUT2D eigenvalue weighted by Crippen LogP contribution is -2.48. The maximum atomic E-state index is 12.5. The molecule has 11 heteroatoms. The first-order valence-electron chi connectivity index (χ1n) is 14.7. The molecule has 4 aliphatic rings. The Balaban J connectivity index is 0.000000330. The standard InChI is InChI=1S/C25H32N2O6.C6H6O3/c1-15-22(27-24(33-15)17-6-4-8-19(12-17)31-2)14-32-13-16-5-3-7-18(11-16)26-23(28)20-9-10-21(20)25(29)30;7-5-3-1-2-4(3)6(8)9-5/h4,6,8,12,16,18,20-21H,3,5,7,9-11,13-14H2,1-2H3,(H,26,28)(H,29,30);3-4H,1-2H2. The summed E-state index contributed by atoms with van der Waals surface area (Å²) in [5, 5.41) is 12.3. The fourth-order valence-electron chi connectivity index (χ4n) is 6.07. The van der Waals surface area contributed by atoms with Crippen LogP contribution in [0.15, 0.2) is 28.7 Å². The van der Waals surface area contributed by atoms with E-state index in [2.05, 4.69) is 15.0 Å².